The van der Waals surface area contributed by atoms with Gasteiger partial charge < -0.3 is 4.74 Å². The van der Waals surface area contributed by atoms with E-state index in [-0.39, 0.29) is 21.0 Å². The van der Waals surface area contributed by atoms with Crippen LogP contribution < -0.4 is 4.74 Å². The molecule has 0 saturated carbocycles. The fraction of sp³-hybridized carbons (Fsp3) is 0.143. The molecule has 1 aromatic carbocycles. The monoisotopic (exact) mass is 364 g/mol. The molecular weight excluding hydrogens is 352 g/mol. The maximum absolute atomic E-state index is 12.2. The number of hydrogen-bond donors (Lipinski definition) is 1. The molecule has 8 nitrogen and oxygen atoms in total. The van der Waals surface area contributed by atoms with Crippen molar-refractivity contribution in [2.75, 3.05) is 13.4 Å². The molecule has 124 valence electrons. The molecule has 0 saturated heterocycles. The lowest BCUT2D eigenvalue weighted by atomic mass is 10.1. The number of thioether (sulfide) groups is 1. The molecule has 0 aliphatic carbocycles. The highest BCUT2D eigenvalue weighted by atomic mass is 32.3. The summed E-state index contributed by atoms with van der Waals surface area (Å²) < 4.78 is 28.0. The Labute approximate surface area is 142 Å². The van der Waals surface area contributed by atoms with Crippen LogP contribution in [0.5, 0.6) is 5.75 Å². The lowest BCUT2D eigenvalue weighted by molar-refractivity contribution is -0.114. The van der Waals surface area contributed by atoms with Gasteiger partial charge in [-0.05, 0) is 35.5 Å². The van der Waals surface area contributed by atoms with E-state index in [1.807, 2.05) is 0 Å². The first-order chi connectivity index (χ1) is 11.3. The molecule has 3 rings (SSSR count). The van der Waals surface area contributed by atoms with E-state index >= 15 is 0 Å². The van der Waals surface area contributed by atoms with Crippen LogP contribution >= 0.6 is 11.8 Å². The Morgan fingerprint density at radius 2 is 1.96 bits per heavy atom. The standard InChI is InChI=1S/C14H12N4O4S2/c1-22-9-5-3-8(4-6-9)7-10-11(15)18-13(16-12(10)19)23-14(17-18)24(2,20)21/h3-7,15H,1-2H3/b10-7-,15-11?. The number of hydrogen-bond acceptors (Lipinski definition) is 7. The quantitative estimate of drug-likeness (QED) is 0.792. The summed E-state index contributed by atoms with van der Waals surface area (Å²) in [5.41, 5.74) is 0.713. The number of amides is 1. The Kier molecular flexibility index (Phi) is 4.01. The van der Waals surface area contributed by atoms with Crippen molar-refractivity contribution in [1.82, 2.24) is 5.01 Å². The number of nitrogens with one attached hydrogen (secondary N) is 1. The molecule has 1 aromatic rings. The van der Waals surface area contributed by atoms with Crippen molar-refractivity contribution >= 4 is 49.0 Å². The summed E-state index contributed by atoms with van der Waals surface area (Å²) in [4.78, 5) is 16.0. The number of rotatable bonds is 2. The molecule has 24 heavy (non-hydrogen) atoms. The zero-order chi connectivity index (χ0) is 17.5. The first-order valence-electron chi connectivity index (χ1n) is 6.64. The van der Waals surface area contributed by atoms with Crippen LogP contribution in [0.15, 0.2) is 39.9 Å². The minimum atomic E-state index is -3.54. The summed E-state index contributed by atoms with van der Waals surface area (Å²) in [5.74, 6) is -0.160. The predicted octanol–water partition coefficient (Wildman–Crippen LogP) is 1.32. The third-order valence-corrected chi connectivity index (χ3v) is 5.76. The first kappa shape index (κ1) is 16.4. The van der Waals surface area contributed by atoms with Gasteiger partial charge in [-0.2, -0.15) is 10.0 Å². The summed E-state index contributed by atoms with van der Waals surface area (Å²) >= 11 is 0.755. The molecule has 0 spiro atoms. The fourth-order valence-corrected chi connectivity index (χ4v) is 3.68. The minimum Gasteiger partial charge on any atom is -0.497 e. The summed E-state index contributed by atoms with van der Waals surface area (Å²) in [6.07, 6.45) is 2.51. The van der Waals surface area contributed by atoms with Gasteiger partial charge in [-0.3, -0.25) is 10.2 Å². The topological polar surface area (TPSA) is 112 Å². The van der Waals surface area contributed by atoms with Gasteiger partial charge in [0.1, 0.15) is 5.75 Å². The van der Waals surface area contributed by atoms with Gasteiger partial charge in [-0.25, -0.2) is 8.42 Å². The van der Waals surface area contributed by atoms with Crippen LogP contribution in [0, 0.1) is 5.41 Å². The van der Waals surface area contributed by atoms with Crippen molar-refractivity contribution in [2.24, 2.45) is 10.1 Å². The van der Waals surface area contributed by atoms with Crippen LogP contribution in [-0.4, -0.2) is 48.1 Å². The second-order valence-corrected chi connectivity index (χ2v) is 8.08. The highest BCUT2D eigenvalue weighted by molar-refractivity contribution is 8.42. The van der Waals surface area contributed by atoms with Crippen molar-refractivity contribution in [3.05, 3.63) is 35.4 Å². The summed E-state index contributed by atoms with van der Waals surface area (Å²) in [6, 6.07) is 6.92. The number of hydrazone groups is 1. The molecule has 1 N–H and O–H groups in total. The van der Waals surface area contributed by atoms with Crippen molar-refractivity contribution in [3.8, 4) is 5.75 Å². The van der Waals surface area contributed by atoms with Crippen LogP contribution in [0.2, 0.25) is 0 Å². The normalized spacial score (nSPS) is 19.2. The molecule has 0 atom stereocenters. The zero-order valence-corrected chi connectivity index (χ0v) is 14.3. The molecule has 0 unspecified atom stereocenters. The average molecular weight is 364 g/mol. The Hall–Kier alpha value is -2.46. The van der Waals surface area contributed by atoms with Crippen LogP contribution in [0.1, 0.15) is 5.56 Å². The molecular formula is C14H12N4O4S2. The van der Waals surface area contributed by atoms with Crippen LogP contribution in [0.3, 0.4) is 0 Å². The molecule has 0 bridgehead atoms. The zero-order valence-electron chi connectivity index (χ0n) is 12.7. The second kappa shape index (κ2) is 5.87. The van der Waals surface area contributed by atoms with Gasteiger partial charge in [0.2, 0.25) is 19.4 Å². The van der Waals surface area contributed by atoms with Crippen molar-refractivity contribution in [3.63, 3.8) is 0 Å². The number of fused-ring (bicyclic) bond motifs is 1. The Balaban J connectivity index is 1.97. The van der Waals surface area contributed by atoms with E-state index < -0.39 is 15.7 Å². The van der Waals surface area contributed by atoms with Gasteiger partial charge in [-0.1, -0.05) is 12.1 Å². The van der Waals surface area contributed by atoms with E-state index in [0.717, 1.165) is 23.0 Å². The highest BCUT2D eigenvalue weighted by Crippen LogP contribution is 2.30. The smallest absolute Gasteiger partial charge is 0.283 e. The van der Waals surface area contributed by atoms with Gasteiger partial charge in [0, 0.05) is 6.26 Å². The van der Waals surface area contributed by atoms with Crippen molar-refractivity contribution in [1.29, 1.82) is 5.41 Å². The SMILES string of the molecule is COc1ccc(/C=C2/C(=N)N3N=C(S(C)(=O)=O)SC3=NC2=O)cc1. The number of amidine groups is 2. The number of benzene rings is 1. The number of carbonyl (C=O) groups excluding carboxylic acids is 1. The van der Waals surface area contributed by atoms with E-state index in [1.54, 1.807) is 31.4 Å². The molecule has 10 heteroatoms. The number of carbonyl (C=O) groups is 1. The van der Waals surface area contributed by atoms with Crippen LogP contribution in [0.25, 0.3) is 6.08 Å². The maximum Gasteiger partial charge on any atom is 0.283 e. The third-order valence-electron chi connectivity index (χ3n) is 3.18. The Morgan fingerprint density at radius 3 is 2.54 bits per heavy atom. The number of aliphatic imine (C=N–C) groups is 1. The first-order valence-corrected chi connectivity index (χ1v) is 9.35. The molecule has 0 radical (unpaired) electrons. The predicted molar refractivity (Wildman–Crippen MR) is 92.8 cm³/mol. The molecule has 2 aliphatic rings. The van der Waals surface area contributed by atoms with Crippen molar-refractivity contribution in [2.45, 2.75) is 0 Å². The van der Waals surface area contributed by atoms with Gasteiger partial charge in [0.05, 0.1) is 12.7 Å². The van der Waals surface area contributed by atoms with E-state index in [0.29, 0.717) is 11.3 Å². The molecule has 2 aliphatic heterocycles. The van der Waals surface area contributed by atoms with Gasteiger partial charge >= 0.3 is 0 Å². The van der Waals surface area contributed by atoms with E-state index in [9.17, 15) is 13.2 Å². The summed E-state index contributed by atoms with van der Waals surface area (Å²) in [7, 11) is -1.99. The maximum atomic E-state index is 12.2. The second-order valence-electron chi connectivity index (χ2n) is 4.93. The summed E-state index contributed by atoms with van der Waals surface area (Å²) in [6.45, 7) is 0. The molecule has 0 aromatic heterocycles. The molecule has 0 fully saturated rings. The minimum absolute atomic E-state index is 0.0306. The van der Waals surface area contributed by atoms with Gasteiger partial charge in [0.25, 0.3) is 5.91 Å². The van der Waals surface area contributed by atoms with E-state index in [1.165, 1.54) is 6.08 Å². The molecule has 1 amide bonds. The third kappa shape index (κ3) is 2.97. The Bertz CT molecular complexity index is 930. The Morgan fingerprint density at radius 1 is 1.29 bits per heavy atom. The van der Waals surface area contributed by atoms with E-state index in [2.05, 4.69) is 10.1 Å². The van der Waals surface area contributed by atoms with Gasteiger partial charge in [-0.15, -0.1) is 5.10 Å². The highest BCUT2D eigenvalue weighted by Gasteiger charge is 2.38. The van der Waals surface area contributed by atoms with Gasteiger partial charge in [0.15, 0.2) is 5.84 Å². The number of methoxy groups -OCH3 is 1. The molecule has 2 heterocycles. The largest absolute Gasteiger partial charge is 0.497 e. The van der Waals surface area contributed by atoms with E-state index in [4.69, 9.17) is 10.1 Å². The number of nitrogens with zero attached hydrogens (tertiary/aromatic N) is 3. The van der Waals surface area contributed by atoms with Crippen molar-refractivity contribution < 1.29 is 17.9 Å². The average Bonchev–Trinajstić information content (AvgIpc) is 2.96. The van der Waals surface area contributed by atoms with Crippen LogP contribution in [0.4, 0.5) is 0 Å². The summed E-state index contributed by atoms with van der Waals surface area (Å²) in [5, 5.41) is 13.1. The van der Waals surface area contributed by atoms with Crippen LogP contribution in [-0.2, 0) is 14.6 Å². The fourth-order valence-electron chi connectivity index (χ4n) is 1.99. The number of ether oxygens (including phenoxy) is 1. The number of sulfone groups is 1. The lowest BCUT2D eigenvalue weighted by Crippen LogP contribution is -2.35. The lowest BCUT2D eigenvalue weighted by Gasteiger charge is -2.20.